The molecule has 2 aromatic rings. The molecule has 1 unspecified atom stereocenters. The molecular formula is C17H21BrN2O3. The van der Waals surface area contributed by atoms with Crippen molar-refractivity contribution >= 4 is 21.8 Å². The van der Waals surface area contributed by atoms with Gasteiger partial charge < -0.3 is 14.5 Å². The van der Waals surface area contributed by atoms with Gasteiger partial charge in [-0.3, -0.25) is 9.69 Å². The van der Waals surface area contributed by atoms with Gasteiger partial charge in [0.25, 0.3) is 0 Å². The lowest BCUT2D eigenvalue weighted by molar-refractivity contribution is -0.121. The summed E-state index contributed by atoms with van der Waals surface area (Å²) in [7, 11) is 3.91. The Balaban J connectivity index is 1.74. The first-order valence-corrected chi connectivity index (χ1v) is 8.20. The third kappa shape index (κ3) is 5.73. The van der Waals surface area contributed by atoms with Crippen LogP contribution < -0.4 is 10.1 Å². The fraction of sp³-hybridized carbons (Fsp3) is 0.353. The Bertz CT molecular complexity index is 614. The smallest absolute Gasteiger partial charge is 0.223 e. The van der Waals surface area contributed by atoms with Crippen LogP contribution in [0.2, 0.25) is 0 Å². The molecule has 0 spiro atoms. The molecule has 23 heavy (non-hydrogen) atoms. The SMILES string of the molecule is CN(C)C(CNC(=O)CCOc1cccc(Br)c1)c1ccco1. The molecule has 1 atom stereocenters. The number of carbonyl (C=O) groups is 1. The summed E-state index contributed by atoms with van der Waals surface area (Å²) >= 11 is 3.38. The number of furan rings is 1. The van der Waals surface area contributed by atoms with Gasteiger partial charge in [0, 0.05) is 11.0 Å². The van der Waals surface area contributed by atoms with Gasteiger partial charge in [-0.15, -0.1) is 0 Å². The summed E-state index contributed by atoms with van der Waals surface area (Å²) in [4.78, 5) is 14.0. The second-order valence-electron chi connectivity index (χ2n) is 5.35. The molecule has 1 heterocycles. The largest absolute Gasteiger partial charge is 0.493 e. The highest BCUT2D eigenvalue weighted by molar-refractivity contribution is 9.10. The third-order valence-electron chi connectivity index (χ3n) is 3.38. The summed E-state index contributed by atoms with van der Waals surface area (Å²) in [6.45, 7) is 0.839. The number of carbonyl (C=O) groups excluding carboxylic acids is 1. The summed E-state index contributed by atoms with van der Waals surface area (Å²) in [5.41, 5.74) is 0. The average molecular weight is 381 g/mol. The number of nitrogens with one attached hydrogen (secondary N) is 1. The van der Waals surface area contributed by atoms with Crippen LogP contribution in [0, 0.1) is 0 Å². The molecule has 5 nitrogen and oxygen atoms in total. The molecule has 2 rings (SSSR count). The predicted molar refractivity (Wildman–Crippen MR) is 92.4 cm³/mol. The maximum absolute atomic E-state index is 11.9. The number of likely N-dealkylation sites (N-methyl/N-ethyl adjacent to an activating group) is 1. The number of hydrogen-bond acceptors (Lipinski definition) is 4. The molecular weight excluding hydrogens is 360 g/mol. The summed E-state index contributed by atoms with van der Waals surface area (Å²) in [5.74, 6) is 1.54. The molecule has 1 N–H and O–H groups in total. The average Bonchev–Trinajstić information content (AvgIpc) is 3.01. The van der Waals surface area contributed by atoms with E-state index in [-0.39, 0.29) is 11.9 Å². The van der Waals surface area contributed by atoms with Crippen LogP contribution in [0.1, 0.15) is 18.2 Å². The molecule has 1 amide bonds. The maximum atomic E-state index is 11.9. The lowest BCUT2D eigenvalue weighted by Gasteiger charge is -2.22. The van der Waals surface area contributed by atoms with Gasteiger partial charge in [-0.25, -0.2) is 0 Å². The lowest BCUT2D eigenvalue weighted by Crippen LogP contribution is -2.34. The van der Waals surface area contributed by atoms with Crippen molar-refractivity contribution in [1.82, 2.24) is 10.2 Å². The minimum Gasteiger partial charge on any atom is -0.493 e. The van der Waals surface area contributed by atoms with Gasteiger partial charge >= 0.3 is 0 Å². The number of nitrogens with zero attached hydrogens (tertiary/aromatic N) is 1. The molecule has 0 saturated carbocycles. The van der Waals surface area contributed by atoms with E-state index in [4.69, 9.17) is 9.15 Å². The zero-order chi connectivity index (χ0) is 16.7. The predicted octanol–water partition coefficient (Wildman–Crippen LogP) is 3.23. The summed E-state index contributed by atoms with van der Waals surface area (Å²) in [6.07, 6.45) is 1.95. The number of rotatable bonds is 8. The zero-order valence-electron chi connectivity index (χ0n) is 13.3. The quantitative estimate of drug-likeness (QED) is 0.763. The number of ether oxygens (including phenoxy) is 1. The molecule has 0 aliphatic rings. The van der Waals surface area contributed by atoms with Crippen LogP contribution in [0.15, 0.2) is 51.6 Å². The van der Waals surface area contributed by atoms with Crippen LogP contribution in [-0.2, 0) is 4.79 Å². The van der Waals surface area contributed by atoms with Crippen LogP contribution >= 0.6 is 15.9 Å². The van der Waals surface area contributed by atoms with Gasteiger partial charge in [0.05, 0.1) is 25.3 Å². The van der Waals surface area contributed by atoms with Crippen molar-refractivity contribution in [1.29, 1.82) is 0 Å². The Morgan fingerprint density at radius 1 is 1.35 bits per heavy atom. The van der Waals surface area contributed by atoms with Crippen molar-refractivity contribution in [2.45, 2.75) is 12.5 Å². The number of hydrogen-bond donors (Lipinski definition) is 1. The molecule has 0 aliphatic heterocycles. The van der Waals surface area contributed by atoms with Crippen LogP contribution in [-0.4, -0.2) is 38.1 Å². The van der Waals surface area contributed by atoms with Crippen molar-refractivity contribution in [2.75, 3.05) is 27.2 Å². The van der Waals surface area contributed by atoms with Gasteiger partial charge in [-0.2, -0.15) is 0 Å². The van der Waals surface area contributed by atoms with E-state index in [1.165, 1.54) is 0 Å². The first-order chi connectivity index (χ1) is 11.1. The number of amides is 1. The molecule has 0 bridgehead atoms. The van der Waals surface area contributed by atoms with Crippen molar-refractivity contribution in [3.8, 4) is 5.75 Å². The second-order valence-corrected chi connectivity index (χ2v) is 6.27. The van der Waals surface area contributed by atoms with E-state index in [1.807, 2.05) is 55.4 Å². The molecule has 0 radical (unpaired) electrons. The zero-order valence-corrected chi connectivity index (χ0v) is 14.9. The summed E-state index contributed by atoms with van der Waals surface area (Å²) in [6, 6.07) is 11.3. The summed E-state index contributed by atoms with van der Waals surface area (Å²) < 4.78 is 11.9. The first-order valence-electron chi connectivity index (χ1n) is 7.41. The van der Waals surface area contributed by atoms with Gasteiger partial charge in [-0.05, 0) is 44.4 Å². The van der Waals surface area contributed by atoms with Crippen molar-refractivity contribution in [3.63, 3.8) is 0 Å². The highest BCUT2D eigenvalue weighted by Gasteiger charge is 2.17. The number of benzene rings is 1. The molecule has 0 fully saturated rings. The molecule has 124 valence electrons. The Morgan fingerprint density at radius 3 is 2.83 bits per heavy atom. The molecule has 1 aromatic carbocycles. The molecule has 0 aliphatic carbocycles. The Morgan fingerprint density at radius 2 is 2.17 bits per heavy atom. The van der Waals surface area contributed by atoms with Crippen LogP contribution in [0.5, 0.6) is 5.75 Å². The van der Waals surface area contributed by atoms with Gasteiger partial charge in [0.2, 0.25) is 5.91 Å². The van der Waals surface area contributed by atoms with Crippen LogP contribution in [0.3, 0.4) is 0 Å². The number of halogens is 1. The Hall–Kier alpha value is -1.79. The van der Waals surface area contributed by atoms with E-state index >= 15 is 0 Å². The molecule has 0 saturated heterocycles. The standard InChI is InChI=1S/C17H21BrN2O3/c1-20(2)15(16-7-4-9-23-16)12-19-17(21)8-10-22-14-6-3-5-13(18)11-14/h3-7,9,11,15H,8,10,12H2,1-2H3,(H,19,21). The fourth-order valence-corrected chi connectivity index (χ4v) is 2.51. The first kappa shape index (κ1) is 17.6. The van der Waals surface area contributed by atoms with Crippen molar-refractivity contribution in [3.05, 3.63) is 52.9 Å². The fourth-order valence-electron chi connectivity index (χ4n) is 2.14. The van der Waals surface area contributed by atoms with Crippen LogP contribution in [0.4, 0.5) is 0 Å². The normalized spacial score (nSPS) is 12.2. The Labute approximate surface area is 144 Å². The van der Waals surface area contributed by atoms with E-state index in [0.29, 0.717) is 19.6 Å². The van der Waals surface area contributed by atoms with E-state index < -0.39 is 0 Å². The van der Waals surface area contributed by atoms with E-state index in [2.05, 4.69) is 21.2 Å². The highest BCUT2D eigenvalue weighted by atomic mass is 79.9. The van der Waals surface area contributed by atoms with E-state index in [9.17, 15) is 4.79 Å². The minimum absolute atomic E-state index is 0.0138. The third-order valence-corrected chi connectivity index (χ3v) is 3.87. The second kappa shape index (κ2) is 8.74. The topological polar surface area (TPSA) is 54.7 Å². The highest BCUT2D eigenvalue weighted by Crippen LogP contribution is 2.18. The van der Waals surface area contributed by atoms with Crippen LogP contribution in [0.25, 0.3) is 0 Å². The minimum atomic E-state index is -0.0431. The van der Waals surface area contributed by atoms with E-state index in [0.717, 1.165) is 16.0 Å². The molecule has 6 heteroatoms. The van der Waals surface area contributed by atoms with Gasteiger partial charge in [-0.1, -0.05) is 22.0 Å². The van der Waals surface area contributed by atoms with Gasteiger partial charge in [0.1, 0.15) is 11.5 Å². The summed E-state index contributed by atoms with van der Waals surface area (Å²) in [5, 5.41) is 2.92. The van der Waals surface area contributed by atoms with Gasteiger partial charge in [0.15, 0.2) is 0 Å². The molecule has 1 aromatic heterocycles. The maximum Gasteiger partial charge on any atom is 0.223 e. The van der Waals surface area contributed by atoms with E-state index in [1.54, 1.807) is 6.26 Å². The van der Waals surface area contributed by atoms with Crippen molar-refractivity contribution < 1.29 is 13.9 Å². The monoisotopic (exact) mass is 380 g/mol. The van der Waals surface area contributed by atoms with Crippen molar-refractivity contribution in [2.24, 2.45) is 0 Å². The Kier molecular flexibility index (Phi) is 6.67. The lowest BCUT2D eigenvalue weighted by atomic mass is 10.2.